The van der Waals surface area contributed by atoms with Crippen molar-refractivity contribution in [3.63, 3.8) is 0 Å². The Hall–Kier alpha value is -0.850. The third-order valence-corrected chi connectivity index (χ3v) is 5.70. The van der Waals surface area contributed by atoms with E-state index in [1.54, 1.807) is 11.1 Å². The number of hydrogen-bond acceptors (Lipinski definition) is 1. The quantitative estimate of drug-likeness (QED) is 0.659. The fraction of sp³-hybridized carbons (Fsp3) is 0.688. The predicted molar refractivity (Wildman–Crippen MR) is 69.2 cm³/mol. The minimum Gasteiger partial charge on any atom is -0.257 e. The topological polar surface area (TPSA) is 12.9 Å². The molecule has 1 heterocycles. The summed E-state index contributed by atoms with van der Waals surface area (Å²) in [7, 11) is 0. The fourth-order valence-electron chi connectivity index (χ4n) is 4.28. The molecule has 2 atom stereocenters. The maximum Gasteiger partial charge on any atom is 0.0445 e. The van der Waals surface area contributed by atoms with Crippen molar-refractivity contribution in [3.05, 3.63) is 28.6 Å². The molecule has 1 aromatic heterocycles. The lowest BCUT2D eigenvalue weighted by Crippen LogP contribution is -2.48. The van der Waals surface area contributed by atoms with Crippen molar-refractivity contribution >= 4 is 0 Å². The van der Waals surface area contributed by atoms with Gasteiger partial charge < -0.3 is 0 Å². The lowest BCUT2D eigenvalue weighted by molar-refractivity contribution is 0.0167. The Bertz CT molecular complexity index is 487. The maximum absolute atomic E-state index is 5.00. The molecule has 1 saturated carbocycles. The number of rotatable bonds is 0. The highest BCUT2D eigenvalue weighted by molar-refractivity contribution is 5.41. The molecule has 0 radical (unpaired) electrons. The molecule has 1 fully saturated rings. The van der Waals surface area contributed by atoms with E-state index in [9.17, 15) is 0 Å². The van der Waals surface area contributed by atoms with Gasteiger partial charge in [-0.1, -0.05) is 19.9 Å². The third kappa shape index (κ3) is 1.23. The van der Waals surface area contributed by atoms with Crippen molar-refractivity contribution in [2.45, 2.75) is 58.3 Å². The van der Waals surface area contributed by atoms with Crippen molar-refractivity contribution in [2.24, 2.45) is 11.3 Å². The molecule has 17 heavy (non-hydrogen) atoms. The number of pyridine rings is 1. The van der Waals surface area contributed by atoms with Crippen LogP contribution in [-0.2, 0) is 19.3 Å². The summed E-state index contributed by atoms with van der Waals surface area (Å²) >= 11 is 0. The second-order valence-electron chi connectivity index (χ2n) is 6.85. The molecule has 4 aliphatic rings. The van der Waals surface area contributed by atoms with E-state index in [2.05, 4.69) is 19.9 Å². The van der Waals surface area contributed by atoms with Gasteiger partial charge in [0, 0.05) is 11.4 Å². The molecular formula is C16H21N. The van der Waals surface area contributed by atoms with E-state index in [1.165, 1.54) is 49.9 Å². The highest BCUT2D eigenvalue weighted by Gasteiger charge is 2.52. The average Bonchev–Trinajstić information content (AvgIpc) is 2.35. The number of aromatic nitrogens is 1. The summed E-state index contributed by atoms with van der Waals surface area (Å²) in [6, 6.07) is 2.53. The SMILES string of the molecule is CC1(C)[C@H]2Cc3nc4c(cc3[C@H]1C2)CCCC4. The van der Waals surface area contributed by atoms with Crippen LogP contribution in [0.15, 0.2) is 6.07 Å². The summed E-state index contributed by atoms with van der Waals surface area (Å²) in [5, 5.41) is 0. The first-order valence-corrected chi connectivity index (χ1v) is 7.18. The highest BCUT2D eigenvalue weighted by Crippen LogP contribution is 2.62. The van der Waals surface area contributed by atoms with Gasteiger partial charge in [-0.05, 0) is 66.9 Å². The standard InChI is InChI=1S/C16H21N/c1-16(2)11-8-13(16)12-7-10-5-3-4-6-14(10)17-15(12)9-11/h7,11,13H,3-6,8-9H2,1-2H3/t11-,13-/m1/s1. The van der Waals surface area contributed by atoms with Gasteiger partial charge in [0.05, 0.1) is 0 Å². The molecular weight excluding hydrogens is 206 g/mol. The summed E-state index contributed by atoms with van der Waals surface area (Å²) < 4.78 is 0. The maximum atomic E-state index is 5.00. The highest BCUT2D eigenvalue weighted by atomic mass is 14.8. The van der Waals surface area contributed by atoms with Gasteiger partial charge >= 0.3 is 0 Å². The first-order valence-electron chi connectivity index (χ1n) is 7.18. The summed E-state index contributed by atoms with van der Waals surface area (Å²) in [5.74, 6) is 1.70. The van der Waals surface area contributed by atoms with E-state index >= 15 is 0 Å². The Morgan fingerprint density at radius 3 is 2.82 bits per heavy atom. The number of hydrogen-bond donors (Lipinski definition) is 0. The van der Waals surface area contributed by atoms with Crippen LogP contribution in [0.4, 0.5) is 0 Å². The van der Waals surface area contributed by atoms with Gasteiger partial charge in [-0.25, -0.2) is 0 Å². The Balaban J connectivity index is 1.84. The van der Waals surface area contributed by atoms with Gasteiger partial charge in [0.25, 0.3) is 0 Å². The predicted octanol–water partition coefficient (Wildman–Crippen LogP) is 3.65. The van der Waals surface area contributed by atoms with Gasteiger partial charge in [-0.2, -0.15) is 0 Å². The summed E-state index contributed by atoms with van der Waals surface area (Å²) in [6.45, 7) is 4.91. The van der Waals surface area contributed by atoms with Crippen LogP contribution in [0, 0.1) is 11.3 Å². The number of fused-ring (bicyclic) bond motifs is 1. The fourth-order valence-corrected chi connectivity index (χ4v) is 4.28. The molecule has 0 N–H and O–H groups in total. The summed E-state index contributed by atoms with van der Waals surface area (Å²) in [5.41, 5.74) is 6.59. The van der Waals surface area contributed by atoms with E-state index < -0.39 is 0 Å². The Morgan fingerprint density at radius 2 is 2.00 bits per heavy atom. The normalized spacial score (nSPS) is 32.4. The molecule has 4 aliphatic carbocycles. The van der Waals surface area contributed by atoms with Crippen LogP contribution in [0.25, 0.3) is 0 Å². The third-order valence-electron chi connectivity index (χ3n) is 5.70. The molecule has 90 valence electrons. The van der Waals surface area contributed by atoms with Crippen molar-refractivity contribution in [1.29, 1.82) is 0 Å². The zero-order valence-corrected chi connectivity index (χ0v) is 10.9. The second-order valence-corrected chi connectivity index (χ2v) is 6.85. The second kappa shape index (κ2) is 3.13. The minimum atomic E-state index is 0.539. The van der Waals surface area contributed by atoms with Crippen LogP contribution < -0.4 is 0 Å². The monoisotopic (exact) mass is 227 g/mol. The van der Waals surface area contributed by atoms with E-state index in [4.69, 9.17) is 4.98 Å². The molecule has 0 unspecified atom stereocenters. The molecule has 1 heteroatoms. The van der Waals surface area contributed by atoms with Crippen molar-refractivity contribution in [3.8, 4) is 0 Å². The van der Waals surface area contributed by atoms with Crippen LogP contribution >= 0.6 is 0 Å². The van der Waals surface area contributed by atoms with Crippen molar-refractivity contribution in [1.82, 2.24) is 4.98 Å². The van der Waals surface area contributed by atoms with Crippen molar-refractivity contribution < 1.29 is 0 Å². The Kier molecular flexibility index (Phi) is 1.86. The van der Waals surface area contributed by atoms with Crippen LogP contribution in [0.3, 0.4) is 0 Å². The average molecular weight is 227 g/mol. The first kappa shape index (κ1) is 10.1. The zero-order valence-electron chi connectivity index (χ0n) is 10.9. The van der Waals surface area contributed by atoms with E-state index in [0.29, 0.717) is 5.41 Å². The molecule has 2 bridgehead atoms. The smallest absolute Gasteiger partial charge is 0.0445 e. The van der Waals surface area contributed by atoms with Gasteiger partial charge in [-0.3, -0.25) is 4.98 Å². The van der Waals surface area contributed by atoms with Crippen LogP contribution in [0.2, 0.25) is 0 Å². The lowest BCUT2D eigenvalue weighted by atomic mass is 9.48. The zero-order chi connectivity index (χ0) is 11.6. The van der Waals surface area contributed by atoms with Crippen LogP contribution in [-0.4, -0.2) is 4.98 Å². The van der Waals surface area contributed by atoms with Crippen LogP contribution in [0.5, 0.6) is 0 Å². The largest absolute Gasteiger partial charge is 0.257 e. The summed E-state index contributed by atoms with van der Waals surface area (Å²) in [4.78, 5) is 5.00. The molecule has 0 amide bonds. The van der Waals surface area contributed by atoms with E-state index in [0.717, 1.165) is 11.8 Å². The molecule has 1 aromatic rings. The number of aryl methyl sites for hydroxylation is 2. The van der Waals surface area contributed by atoms with E-state index in [1.807, 2.05) is 0 Å². The van der Waals surface area contributed by atoms with E-state index in [-0.39, 0.29) is 0 Å². The van der Waals surface area contributed by atoms with Crippen LogP contribution in [0.1, 0.15) is 61.5 Å². The molecule has 0 aromatic carbocycles. The Labute approximate surface area is 104 Å². The number of nitrogens with zero attached hydrogens (tertiary/aromatic N) is 1. The molecule has 0 aliphatic heterocycles. The van der Waals surface area contributed by atoms with Gasteiger partial charge in [0.1, 0.15) is 0 Å². The lowest BCUT2D eigenvalue weighted by Gasteiger charge is -2.57. The molecule has 1 nitrogen and oxygen atoms in total. The van der Waals surface area contributed by atoms with Crippen molar-refractivity contribution in [2.75, 3.05) is 0 Å². The summed E-state index contributed by atoms with van der Waals surface area (Å²) in [6.07, 6.45) is 7.86. The van der Waals surface area contributed by atoms with Gasteiger partial charge in [-0.15, -0.1) is 0 Å². The van der Waals surface area contributed by atoms with Gasteiger partial charge in [0.15, 0.2) is 0 Å². The molecule has 5 rings (SSSR count). The van der Waals surface area contributed by atoms with Gasteiger partial charge in [0.2, 0.25) is 0 Å². The minimum absolute atomic E-state index is 0.539. The molecule has 0 spiro atoms. The Morgan fingerprint density at radius 1 is 1.18 bits per heavy atom. The molecule has 0 saturated heterocycles. The first-order chi connectivity index (χ1) is 8.16.